The van der Waals surface area contributed by atoms with Gasteiger partial charge in [-0.05, 0) is 61.0 Å². The molecule has 2 atom stereocenters. The zero-order valence-electron chi connectivity index (χ0n) is 26.9. The quantitative estimate of drug-likeness (QED) is 0.222. The smallest absolute Gasteiger partial charge is 0.417 e. The number of nitrogens with zero attached hydrogens (tertiary/aromatic N) is 1. The molecule has 2 heterocycles. The third-order valence-corrected chi connectivity index (χ3v) is 8.07. The molecule has 1 aliphatic heterocycles. The monoisotopic (exact) mass is 606 g/mol. The molecule has 1 aromatic heterocycles. The number of hydrogen-bond donors (Lipinski definition) is 2. The van der Waals surface area contributed by atoms with Crippen LogP contribution >= 0.6 is 0 Å². The highest BCUT2D eigenvalue weighted by Gasteiger charge is 2.43. The fourth-order valence-electron chi connectivity index (χ4n) is 4.82. The van der Waals surface area contributed by atoms with E-state index in [-0.39, 0.29) is 29.7 Å². The SMILES string of the molecule is [2H]C([2H])(c1ccccc1)C([2H])([2H])C1(CCC)CC(O)=C(C(CC)c2cccc(NS(=O)(=O)c3ccc(C(F)(F)F)cn3)c2)C(=O)O1. The van der Waals surface area contributed by atoms with Crippen LogP contribution in [0.15, 0.2) is 89.3 Å². The van der Waals surface area contributed by atoms with Crippen LogP contribution in [0.2, 0.25) is 0 Å². The van der Waals surface area contributed by atoms with Crippen LogP contribution < -0.4 is 4.72 Å². The van der Waals surface area contributed by atoms with Gasteiger partial charge in [-0.1, -0.05) is 62.7 Å². The molecule has 0 radical (unpaired) electrons. The van der Waals surface area contributed by atoms with Gasteiger partial charge >= 0.3 is 12.1 Å². The van der Waals surface area contributed by atoms with Crippen LogP contribution in [0, 0.1) is 0 Å². The van der Waals surface area contributed by atoms with Gasteiger partial charge in [0.25, 0.3) is 10.0 Å². The third kappa shape index (κ3) is 7.13. The van der Waals surface area contributed by atoms with E-state index < -0.39 is 69.2 Å². The van der Waals surface area contributed by atoms with Crippen molar-refractivity contribution in [1.82, 2.24) is 4.98 Å². The number of carbonyl (C=O) groups is 1. The zero-order valence-corrected chi connectivity index (χ0v) is 23.7. The summed E-state index contributed by atoms with van der Waals surface area (Å²) in [6.45, 7) is 3.43. The fourth-order valence-corrected chi connectivity index (χ4v) is 5.80. The summed E-state index contributed by atoms with van der Waals surface area (Å²) < 4.78 is 108. The summed E-state index contributed by atoms with van der Waals surface area (Å²) in [6.07, 6.45) is -9.71. The number of aryl methyl sites for hydroxylation is 1. The lowest BCUT2D eigenvalue weighted by molar-refractivity contribution is -0.161. The van der Waals surface area contributed by atoms with Crippen LogP contribution in [0.4, 0.5) is 18.9 Å². The molecule has 2 aromatic carbocycles. The predicted octanol–water partition coefficient (Wildman–Crippen LogP) is 7.33. The Morgan fingerprint density at radius 2 is 1.86 bits per heavy atom. The molecule has 42 heavy (non-hydrogen) atoms. The second-order valence-electron chi connectivity index (χ2n) is 9.86. The van der Waals surface area contributed by atoms with Crippen molar-refractivity contribution < 1.29 is 41.7 Å². The van der Waals surface area contributed by atoms with Crippen molar-refractivity contribution >= 4 is 21.7 Å². The Morgan fingerprint density at radius 3 is 2.45 bits per heavy atom. The van der Waals surface area contributed by atoms with Gasteiger partial charge in [0.2, 0.25) is 0 Å². The molecule has 0 saturated heterocycles. The van der Waals surface area contributed by atoms with Crippen molar-refractivity contribution in [2.24, 2.45) is 0 Å². The number of aromatic nitrogens is 1. The molecule has 2 N–H and O–H groups in total. The minimum Gasteiger partial charge on any atom is -0.512 e. The molecule has 224 valence electrons. The highest BCUT2D eigenvalue weighted by Crippen LogP contribution is 2.42. The van der Waals surface area contributed by atoms with Gasteiger partial charge in [-0.3, -0.25) is 4.72 Å². The Labute approximate surface area is 249 Å². The average Bonchev–Trinajstić information content (AvgIpc) is 2.99. The van der Waals surface area contributed by atoms with E-state index in [1.807, 2.05) is 0 Å². The molecule has 0 saturated carbocycles. The van der Waals surface area contributed by atoms with Crippen molar-refractivity contribution in [2.45, 2.75) is 75.0 Å². The number of benzene rings is 2. The third-order valence-electron chi connectivity index (χ3n) is 6.77. The van der Waals surface area contributed by atoms with Gasteiger partial charge in [-0.25, -0.2) is 9.78 Å². The van der Waals surface area contributed by atoms with Crippen molar-refractivity contribution in [3.63, 3.8) is 0 Å². The second kappa shape index (κ2) is 12.6. The molecule has 7 nitrogen and oxygen atoms in total. The largest absolute Gasteiger partial charge is 0.512 e. The number of halogens is 3. The summed E-state index contributed by atoms with van der Waals surface area (Å²) in [7, 11) is -4.40. The van der Waals surface area contributed by atoms with Gasteiger partial charge < -0.3 is 9.84 Å². The molecule has 0 spiro atoms. The van der Waals surface area contributed by atoms with E-state index in [0.717, 1.165) is 6.07 Å². The summed E-state index contributed by atoms with van der Waals surface area (Å²) in [6, 6.07) is 14.8. The number of carbonyl (C=O) groups excluding carboxylic acids is 1. The maximum Gasteiger partial charge on any atom is 0.417 e. The standard InChI is InChI=1S/C31H33F3N2O5S/c1-3-16-30(17-15-21-9-6-5-7-10-21)19-26(37)28(29(38)41-30)25(4-2)22-11-8-12-24(18-22)36-42(39,40)27-14-13-23(20-35-27)31(32,33)34/h5-14,18,20,25,36-37H,3-4,15-17,19H2,1-2H3/i15D2,17D2. The Bertz CT molecular complexity index is 1720. The van der Waals surface area contributed by atoms with E-state index in [4.69, 9.17) is 10.2 Å². The molecular weight excluding hydrogens is 569 g/mol. The van der Waals surface area contributed by atoms with Crippen LogP contribution in [0.25, 0.3) is 0 Å². The Balaban J connectivity index is 1.67. The normalized spacial score (nSPS) is 20.5. The number of hydrogen-bond acceptors (Lipinski definition) is 6. The number of aliphatic hydroxyl groups is 1. The number of anilines is 1. The Hall–Kier alpha value is -3.86. The van der Waals surface area contributed by atoms with Gasteiger partial charge in [0.1, 0.15) is 11.4 Å². The highest BCUT2D eigenvalue weighted by molar-refractivity contribution is 7.92. The van der Waals surface area contributed by atoms with Crippen molar-refractivity contribution in [3.8, 4) is 0 Å². The lowest BCUT2D eigenvalue weighted by Crippen LogP contribution is -2.41. The molecule has 0 amide bonds. The first-order chi connectivity index (χ1) is 21.4. The number of rotatable bonds is 11. The van der Waals surface area contributed by atoms with Crippen LogP contribution in [0.1, 0.15) is 74.0 Å². The highest BCUT2D eigenvalue weighted by atomic mass is 32.2. The minimum atomic E-state index is -4.70. The van der Waals surface area contributed by atoms with E-state index in [0.29, 0.717) is 24.2 Å². The van der Waals surface area contributed by atoms with Gasteiger partial charge in [-0.15, -0.1) is 0 Å². The second-order valence-corrected chi connectivity index (χ2v) is 11.5. The van der Waals surface area contributed by atoms with Crippen LogP contribution in [0.5, 0.6) is 0 Å². The molecule has 0 aliphatic carbocycles. The van der Waals surface area contributed by atoms with Gasteiger partial charge in [0, 0.05) is 29.7 Å². The molecule has 1 aliphatic rings. The molecule has 2 unspecified atom stereocenters. The lowest BCUT2D eigenvalue weighted by Gasteiger charge is -2.38. The van der Waals surface area contributed by atoms with Crippen LogP contribution in [-0.2, 0) is 32.1 Å². The van der Waals surface area contributed by atoms with E-state index in [9.17, 15) is 31.5 Å². The number of nitrogens with one attached hydrogen (secondary N) is 1. The maximum absolute atomic E-state index is 13.6. The van der Waals surface area contributed by atoms with Crippen LogP contribution in [-0.4, -0.2) is 30.1 Å². The Morgan fingerprint density at radius 1 is 1.12 bits per heavy atom. The number of ether oxygens (including phenoxy) is 1. The summed E-state index contributed by atoms with van der Waals surface area (Å²) in [5, 5.41) is 10.7. The number of esters is 1. The summed E-state index contributed by atoms with van der Waals surface area (Å²) in [4.78, 5) is 17.1. The summed E-state index contributed by atoms with van der Waals surface area (Å²) >= 11 is 0. The van der Waals surface area contributed by atoms with Gasteiger partial charge in [0.05, 0.1) is 11.1 Å². The van der Waals surface area contributed by atoms with Crippen molar-refractivity contribution in [3.05, 3.63) is 101 Å². The van der Waals surface area contributed by atoms with Crippen LogP contribution in [0.3, 0.4) is 0 Å². The molecule has 3 aromatic rings. The summed E-state index contributed by atoms with van der Waals surface area (Å²) in [5.74, 6) is -2.33. The van der Waals surface area contributed by atoms with Crippen molar-refractivity contribution in [2.75, 3.05) is 4.72 Å². The summed E-state index contributed by atoms with van der Waals surface area (Å²) in [5.41, 5.74) is -2.90. The number of pyridine rings is 1. The Kier molecular flexibility index (Phi) is 7.72. The number of sulfonamides is 1. The molecule has 11 heteroatoms. The number of cyclic esters (lactones) is 1. The molecule has 0 bridgehead atoms. The van der Waals surface area contributed by atoms with E-state index in [2.05, 4.69) is 9.71 Å². The molecule has 4 rings (SSSR count). The average molecular weight is 607 g/mol. The number of alkyl halides is 3. The van der Waals surface area contributed by atoms with E-state index in [1.54, 1.807) is 38.1 Å². The fraction of sp³-hybridized carbons (Fsp3) is 0.355. The van der Waals surface area contributed by atoms with Gasteiger partial charge in [-0.2, -0.15) is 21.6 Å². The van der Waals surface area contributed by atoms with Crippen molar-refractivity contribution in [1.29, 1.82) is 0 Å². The maximum atomic E-state index is 13.6. The van der Waals surface area contributed by atoms with E-state index >= 15 is 0 Å². The number of aliphatic hydroxyl groups excluding tert-OH is 1. The first-order valence-electron chi connectivity index (χ1n) is 15.3. The topological polar surface area (TPSA) is 106 Å². The molecule has 0 fully saturated rings. The zero-order chi connectivity index (χ0) is 34.1. The van der Waals surface area contributed by atoms with Gasteiger partial charge in [0.15, 0.2) is 5.03 Å². The lowest BCUT2D eigenvalue weighted by atomic mass is 9.80. The first-order valence-corrected chi connectivity index (χ1v) is 14.8. The van der Waals surface area contributed by atoms with E-state index in [1.165, 1.54) is 30.3 Å². The predicted molar refractivity (Wildman–Crippen MR) is 152 cm³/mol. The minimum absolute atomic E-state index is 0.00892. The first kappa shape index (κ1) is 25.8. The molecular formula is C31H33F3N2O5S.